The van der Waals surface area contributed by atoms with Crippen molar-refractivity contribution in [2.45, 2.75) is 38.5 Å². The van der Waals surface area contributed by atoms with Crippen LogP contribution in [0.5, 0.6) is 0 Å². The molecule has 2 aromatic rings. The first-order valence-corrected chi connectivity index (χ1v) is 9.92. The van der Waals surface area contributed by atoms with Crippen molar-refractivity contribution in [1.82, 2.24) is 0 Å². The summed E-state index contributed by atoms with van der Waals surface area (Å²) in [5.74, 6) is 1.79. The zero-order chi connectivity index (χ0) is 19.0. The largest absolute Gasteiger partial charge is 0.396 e. The first-order chi connectivity index (χ1) is 13.1. The summed E-state index contributed by atoms with van der Waals surface area (Å²) < 4.78 is 0. The lowest BCUT2D eigenvalue weighted by Crippen LogP contribution is -2.47. The van der Waals surface area contributed by atoms with Gasteiger partial charge in [0.25, 0.3) is 0 Å². The van der Waals surface area contributed by atoms with Gasteiger partial charge in [0.15, 0.2) is 0 Å². The number of anilines is 2. The van der Waals surface area contributed by atoms with Crippen LogP contribution in [-0.2, 0) is 0 Å². The molecule has 0 saturated carbocycles. The Balaban J connectivity index is 1.93. The van der Waals surface area contributed by atoms with E-state index in [4.69, 9.17) is 4.99 Å². The highest BCUT2D eigenvalue weighted by Gasteiger charge is 2.50. The van der Waals surface area contributed by atoms with Crippen LogP contribution in [0.15, 0.2) is 47.5 Å². The summed E-state index contributed by atoms with van der Waals surface area (Å²) in [6.07, 6.45) is 1.74. The number of amidine groups is 1. The minimum absolute atomic E-state index is 0.0808. The van der Waals surface area contributed by atoms with Crippen LogP contribution >= 0.6 is 0 Å². The van der Waals surface area contributed by atoms with Gasteiger partial charge in [0.2, 0.25) is 0 Å². The second-order valence-corrected chi connectivity index (χ2v) is 8.03. The van der Waals surface area contributed by atoms with Crippen LogP contribution in [0.2, 0.25) is 0 Å². The fourth-order valence-corrected chi connectivity index (χ4v) is 5.16. The van der Waals surface area contributed by atoms with Crippen LogP contribution in [0.4, 0.5) is 11.4 Å². The van der Waals surface area contributed by atoms with E-state index in [9.17, 15) is 5.11 Å². The molecule has 1 heterocycles. The number of fused-ring (bicyclic) bond motifs is 5. The van der Waals surface area contributed by atoms with E-state index in [-0.39, 0.29) is 17.9 Å². The van der Waals surface area contributed by atoms with Crippen molar-refractivity contribution in [3.05, 3.63) is 59.2 Å². The monoisotopic (exact) mass is 363 g/mol. The Hall–Kier alpha value is -2.33. The zero-order valence-corrected chi connectivity index (χ0v) is 16.4. The van der Waals surface area contributed by atoms with Crippen LogP contribution in [0.3, 0.4) is 0 Å². The average molecular weight is 364 g/mol. The zero-order valence-electron chi connectivity index (χ0n) is 16.4. The van der Waals surface area contributed by atoms with Crippen molar-refractivity contribution < 1.29 is 5.11 Å². The van der Waals surface area contributed by atoms with Crippen LogP contribution in [0, 0.1) is 5.41 Å². The number of nitrogens with zero attached hydrogens (tertiary/aromatic N) is 1. The third kappa shape index (κ3) is 2.83. The van der Waals surface area contributed by atoms with E-state index in [1.54, 1.807) is 0 Å². The van der Waals surface area contributed by atoms with Gasteiger partial charge in [-0.2, -0.15) is 0 Å². The lowest BCUT2D eigenvalue weighted by molar-refractivity contribution is 0.290. The van der Waals surface area contributed by atoms with Crippen molar-refractivity contribution in [2.75, 3.05) is 30.8 Å². The summed E-state index contributed by atoms with van der Waals surface area (Å²) in [6, 6.07) is 15.3. The fraction of sp³-hybridized carbons (Fsp3) is 0.435. The Morgan fingerprint density at radius 1 is 1.19 bits per heavy atom. The summed E-state index contributed by atoms with van der Waals surface area (Å²) in [4.78, 5) is 4.91. The maximum Gasteiger partial charge on any atom is 0.108 e. The van der Waals surface area contributed by atoms with Crippen molar-refractivity contribution in [1.29, 1.82) is 0 Å². The standard InChI is InChI=1S/C23H29N3O/c1-15-14-23(2)21(17-9-6-11-19(24-3)20(15)17)16-8-4-5-10-18(16)26-22(23)25-12-7-13-27/h4-6,8-11,15,21,24,27H,7,12-14H2,1-3H3,(H,25,26)/t15?,21-,23+/m1/s1. The van der Waals surface area contributed by atoms with Crippen molar-refractivity contribution in [3.8, 4) is 0 Å². The van der Waals surface area contributed by atoms with Crippen LogP contribution in [-0.4, -0.2) is 31.1 Å². The van der Waals surface area contributed by atoms with E-state index in [0.29, 0.717) is 18.9 Å². The number of benzene rings is 2. The Labute approximate surface area is 161 Å². The summed E-state index contributed by atoms with van der Waals surface area (Å²) in [6.45, 7) is 5.51. The highest BCUT2D eigenvalue weighted by molar-refractivity contribution is 6.04. The lowest BCUT2D eigenvalue weighted by atomic mass is 9.57. The molecule has 1 unspecified atom stereocenters. The molecular formula is C23H29N3O. The number of hydrogen-bond donors (Lipinski definition) is 3. The van der Waals surface area contributed by atoms with E-state index in [0.717, 1.165) is 17.9 Å². The normalized spacial score (nSPS) is 27.3. The summed E-state index contributed by atoms with van der Waals surface area (Å²) >= 11 is 0. The summed E-state index contributed by atoms with van der Waals surface area (Å²) in [7, 11) is 2.01. The molecular weight excluding hydrogens is 334 g/mol. The van der Waals surface area contributed by atoms with Gasteiger partial charge in [-0.3, -0.25) is 4.99 Å². The smallest absolute Gasteiger partial charge is 0.108 e. The van der Waals surface area contributed by atoms with Gasteiger partial charge in [-0.05, 0) is 47.6 Å². The minimum atomic E-state index is -0.0808. The van der Waals surface area contributed by atoms with Gasteiger partial charge in [-0.25, -0.2) is 0 Å². The molecule has 0 spiro atoms. The van der Waals surface area contributed by atoms with E-state index in [2.05, 4.69) is 66.9 Å². The molecule has 0 aromatic heterocycles. The molecule has 142 valence electrons. The first kappa shape index (κ1) is 18.1. The fourth-order valence-electron chi connectivity index (χ4n) is 5.16. The highest BCUT2D eigenvalue weighted by Crippen LogP contribution is 2.58. The van der Waals surface area contributed by atoms with Crippen LogP contribution in [0.1, 0.15) is 55.2 Å². The molecule has 4 heteroatoms. The summed E-state index contributed by atoms with van der Waals surface area (Å²) in [5, 5.41) is 16.2. The Morgan fingerprint density at radius 2 is 1.96 bits per heavy atom. The van der Waals surface area contributed by atoms with Gasteiger partial charge < -0.3 is 15.7 Å². The molecule has 1 aliphatic heterocycles. The quantitative estimate of drug-likeness (QED) is 0.697. The molecule has 0 bridgehead atoms. The number of hydrogen-bond acceptors (Lipinski definition) is 3. The SMILES string of the molecule is CNc1cccc2c1C(C)C[C@]1(C)C(=NCCCO)Nc3ccccc3[C@H]21. The molecule has 0 amide bonds. The molecule has 2 aromatic carbocycles. The average Bonchev–Trinajstić information content (AvgIpc) is 2.67. The molecule has 4 rings (SSSR count). The molecule has 2 aliphatic rings. The third-order valence-corrected chi connectivity index (χ3v) is 6.23. The predicted molar refractivity (Wildman–Crippen MR) is 113 cm³/mol. The summed E-state index contributed by atoms with van der Waals surface area (Å²) in [5.41, 5.74) is 6.50. The lowest BCUT2D eigenvalue weighted by Gasteiger charge is -2.50. The number of para-hydroxylation sites is 1. The molecule has 3 atom stereocenters. The number of aliphatic hydroxyl groups excluding tert-OH is 1. The maximum absolute atomic E-state index is 9.18. The van der Waals surface area contributed by atoms with E-state index < -0.39 is 0 Å². The van der Waals surface area contributed by atoms with Gasteiger partial charge >= 0.3 is 0 Å². The van der Waals surface area contributed by atoms with Crippen LogP contribution in [0.25, 0.3) is 0 Å². The molecule has 4 nitrogen and oxygen atoms in total. The van der Waals surface area contributed by atoms with Crippen LogP contribution < -0.4 is 10.6 Å². The molecule has 3 N–H and O–H groups in total. The van der Waals surface area contributed by atoms with Crippen molar-refractivity contribution in [3.63, 3.8) is 0 Å². The maximum atomic E-state index is 9.18. The highest BCUT2D eigenvalue weighted by atomic mass is 16.3. The first-order valence-electron chi connectivity index (χ1n) is 9.92. The number of aliphatic hydroxyl groups is 1. The van der Waals surface area contributed by atoms with Crippen molar-refractivity contribution >= 4 is 17.2 Å². The molecule has 1 aliphatic carbocycles. The third-order valence-electron chi connectivity index (χ3n) is 6.23. The second kappa shape index (κ2) is 7.01. The Bertz CT molecular complexity index is 876. The molecule has 0 saturated heterocycles. The predicted octanol–water partition coefficient (Wildman–Crippen LogP) is 4.58. The molecule has 0 radical (unpaired) electrons. The molecule has 0 fully saturated rings. The van der Waals surface area contributed by atoms with E-state index >= 15 is 0 Å². The number of rotatable bonds is 4. The van der Waals surface area contributed by atoms with E-state index in [1.165, 1.54) is 22.4 Å². The van der Waals surface area contributed by atoms with Gasteiger partial charge in [0.1, 0.15) is 5.84 Å². The Morgan fingerprint density at radius 3 is 2.74 bits per heavy atom. The van der Waals surface area contributed by atoms with Gasteiger partial charge in [-0.15, -0.1) is 0 Å². The van der Waals surface area contributed by atoms with Gasteiger partial charge in [0, 0.05) is 42.9 Å². The van der Waals surface area contributed by atoms with Crippen molar-refractivity contribution in [2.24, 2.45) is 10.4 Å². The van der Waals surface area contributed by atoms with Gasteiger partial charge in [0.05, 0.1) is 0 Å². The molecule has 27 heavy (non-hydrogen) atoms. The van der Waals surface area contributed by atoms with Gasteiger partial charge in [-0.1, -0.05) is 44.2 Å². The second-order valence-electron chi connectivity index (χ2n) is 8.03. The number of aliphatic imine (C=N–C) groups is 1. The number of nitrogens with one attached hydrogen (secondary N) is 2. The van der Waals surface area contributed by atoms with E-state index in [1.807, 2.05) is 7.05 Å². The Kier molecular flexibility index (Phi) is 4.68. The topological polar surface area (TPSA) is 56.7 Å². The minimum Gasteiger partial charge on any atom is -0.396 e.